The van der Waals surface area contributed by atoms with E-state index in [-0.39, 0.29) is 11.9 Å². The number of hydrogen-bond acceptors (Lipinski definition) is 5. The van der Waals surface area contributed by atoms with E-state index in [1.54, 1.807) is 10.6 Å². The summed E-state index contributed by atoms with van der Waals surface area (Å²) in [4.78, 5) is 10.8. The molecule has 1 saturated heterocycles. The van der Waals surface area contributed by atoms with Gasteiger partial charge in [-0.1, -0.05) is 12.1 Å². The van der Waals surface area contributed by atoms with Crippen molar-refractivity contribution in [3.05, 3.63) is 47.7 Å². The molecule has 1 fully saturated rings. The molecule has 4 rings (SSSR count). The van der Waals surface area contributed by atoms with Crippen LogP contribution in [0.3, 0.4) is 0 Å². The van der Waals surface area contributed by atoms with Crippen LogP contribution in [-0.4, -0.2) is 38.7 Å². The maximum absolute atomic E-state index is 14.1. The maximum atomic E-state index is 14.1. The number of nitrogens with one attached hydrogen (secondary N) is 1. The van der Waals surface area contributed by atoms with Gasteiger partial charge in [-0.2, -0.15) is 14.6 Å². The molecule has 0 bridgehead atoms. The lowest BCUT2D eigenvalue weighted by atomic mass is 10.0. The molecule has 0 saturated carbocycles. The summed E-state index contributed by atoms with van der Waals surface area (Å²) in [6.45, 7) is 5.62. The minimum absolute atomic E-state index is 0.169. The van der Waals surface area contributed by atoms with E-state index < -0.39 is 0 Å². The van der Waals surface area contributed by atoms with Crippen molar-refractivity contribution in [3.63, 3.8) is 0 Å². The summed E-state index contributed by atoms with van der Waals surface area (Å²) in [5.74, 6) is 1.34. The Labute approximate surface area is 145 Å². The Morgan fingerprint density at radius 2 is 2.08 bits per heavy atom. The number of halogens is 1. The van der Waals surface area contributed by atoms with Crippen LogP contribution in [0.2, 0.25) is 0 Å². The zero-order valence-electron chi connectivity index (χ0n) is 14.4. The van der Waals surface area contributed by atoms with Gasteiger partial charge in [-0.05, 0) is 38.8 Å². The van der Waals surface area contributed by atoms with Crippen molar-refractivity contribution in [1.82, 2.24) is 19.6 Å². The highest BCUT2D eigenvalue weighted by Crippen LogP contribution is 2.26. The smallest absolute Gasteiger partial charge is 0.254 e. The molecule has 1 N–H and O–H groups in total. The van der Waals surface area contributed by atoms with Crippen LogP contribution in [0.4, 0.5) is 15.9 Å². The van der Waals surface area contributed by atoms with E-state index in [4.69, 9.17) is 0 Å². The van der Waals surface area contributed by atoms with Crippen LogP contribution in [-0.2, 0) is 0 Å². The second-order valence-corrected chi connectivity index (χ2v) is 6.52. The number of rotatable bonds is 3. The van der Waals surface area contributed by atoms with Crippen molar-refractivity contribution in [2.75, 3.05) is 23.3 Å². The molecule has 130 valence electrons. The van der Waals surface area contributed by atoms with Gasteiger partial charge < -0.3 is 10.2 Å². The standard InChI is InChI=1S/C18H21FN6/c1-12-13(2)22-18-20-11-21-25(18)17(12)23-14-6-5-9-24(10-14)16-8-4-3-7-15(16)19/h3-4,7-8,11,14,23H,5-6,9-10H2,1-2H3. The molecule has 0 aliphatic carbocycles. The molecule has 0 radical (unpaired) electrons. The first kappa shape index (κ1) is 15.8. The molecule has 3 heterocycles. The summed E-state index contributed by atoms with van der Waals surface area (Å²) in [5.41, 5.74) is 2.66. The van der Waals surface area contributed by atoms with Crippen LogP contribution in [0.1, 0.15) is 24.1 Å². The van der Waals surface area contributed by atoms with E-state index in [0.29, 0.717) is 11.5 Å². The number of fused-ring (bicyclic) bond motifs is 1. The second kappa shape index (κ2) is 6.31. The van der Waals surface area contributed by atoms with Gasteiger partial charge in [-0.3, -0.25) is 0 Å². The molecule has 1 unspecified atom stereocenters. The molecule has 1 aliphatic rings. The zero-order chi connectivity index (χ0) is 17.4. The fourth-order valence-corrected chi connectivity index (χ4v) is 3.42. The SMILES string of the molecule is Cc1nc2ncnn2c(NC2CCCN(c3ccccc3F)C2)c1C. The minimum Gasteiger partial charge on any atom is -0.367 e. The van der Waals surface area contributed by atoms with Gasteiger partial charge in [0.2, 0.25) is 0 Å². The van der Waals surface area contributed by atoms with Crippen molar-refractivity contribution >= 4 is 17.3 Å². The van der Waals surface area contributed by atoms with Gasteiger partial charge in [0.05, 0.1) is 5.69 Å². The van der Waals surface area contributed by atoms with Crippen LogP contribution in [0.5, 0.6) is 0 Å². The van der Waals surface area contributed by atoms with Crippen molar-refractivity contribution in [2.24, 2.45) is 0 Å². The molecule has 6 nitrogen and oxygen atoms in total. The molecule has 0 amide bonds. The first-order chi connectivity index (χ1) is 12.1. The van der Waals surface area contributed by atoms with E-state index in [2.05, 4.69) is 25.3 Å². The van der Waals surface area contributed by atoms with Crippen molar-refractivity contribution < 1.29 is 4.39 Å². The summed E-state index contributed by atoms with van der Waals surface area (Å²) >= 11 is 0. The third-order valence-corrected chi connectivity index (χ3v) is 4.86. The third kappa shape index (κ3) is 2.90. The molecule has 1 atom stereocenters. The predicted molar refractivity (Wildman–Crippen MR) is 95.5 cm³/mol. The highest BCUT2D eigenvalue weighted by molar-refractivity contribution is 5.54. The average Bonchev–Trinajstić information content (AvgIpc) is 3.07. The molecule has 25 heavy (non-hydrogen) atoms. The Hall–Kier alpha value is -2.70. The highest BCUT2D eigenvalue weighted by atomic mass is 19.1. The van der Waals surface area contributed by atoms with Gasteiger partial charge in [-0.15, -0.1) is 0 Å². The number of benzene rings is 1. The Morgan fingerprint density at radius 3 is 2.92 bits per heavy atom. The fraction of sp³-hybridized carbons (Fsp3) is 0.389. The largest absolute Gasteiger partial charge is 0.367 e. The third-order valence-electron chi connectivity index (χ3n) is 4.86. The number of anilines is 2. The Kier molecular flexibility index (Phi) is 3.99. The molecule has 0 spiro atoms. The number of aromatic nitrogens is 4. The summed E-state index contributed by atoms with van der Waals surface area (Å²) in [6, 6.07) is 7.17. The normalized spacial score (nSPS) is 17.9. The number of hydrogen-bond donors (Lipinski definition) is 1. The average molecular weight is 340 g/mol. The van der Waals surface area contributed by atoms with E-state index in [1.165, 1.54) is 12.4 Å². The highest BCUT2D eigenvalue weighted by Gasteiger charge is 2.23. The van der Waals surface area contributed by atoms with Gasteiger partial charge in [0, 0.05) is 30.4 Å². The lowest BCUT2D eigenvalue weighted by molar-refractivity contribution is 0.516. The van der Waals surface area contributed by atoms with Crippen LogP contribution in [0.25, 0.3) is 5.78 Å². The zero-order valence-corrected chi connectivity index (χ0v) is 14.4. The second-order valence-electron chi connectivity index (χ2n) is 6.52. The van der Waals surface area contributed by atoms with Gasteiger partial charge in [-0.25, -0.2) is 9.37 Å². The molecule has 1 aromatic carbocycles. The summed E-state index contributed by atoms with van der Waals surface area (Å²) in [7, 11) is 0. The van der Waals surface area contributed by atoms with Gasteiger partial charge >= 0.3 is 0 Å². The van der Waals surface area contributed by atoms with Gasteiger partial charge in [0.15, 0.2) is 0 Å². The van der Waals surface area contributed by atoms with Crippen LogP contribution < -0.4 is 10.2 Å². The Balaban J connectivity index is 1.60. The molecule has 3 aromatic rings. The van der Waals surface area contributed by atoms with E-state index in [9.17, 15) is 4.39 Å². The number of aryl methyl sites for hydroxylation is 1. The fourth-order valence-electron chi connectivity index (χ4n) is 3.42. The minimum atomic E-state index is -0.169. The van der Waals surface area contributed by atoms with Crippen molar-refractivity contribution in [1.29, 1.82) is 0 Å². The van der Waals surface area contributed by atoms with Gasteiger partial charge in [0.1, 0.15) is 18.0 Å². The molecule has 2 aromatic heterocycles. The topological polar surface area (TPSA) is 58.4 Å². The first-order valence-corrected chi connectivity index (χ1v) is 8.56. The molecule has 7 heteroatoms. The van der Waals surface area contributed by atoms with E-state index >= 15 is 0 Å². The van der Waals surface area contributed by atoms with Crippen LogP contribution in [0.15, 0.2) is 30.6 Å². The molecule has 1 aliphatic heterocycles. The predicted octanol–water partition coefficient (Wildman–Crippen LogP) is 2.96. The summed E-state index contributed by atoms with van der Waals surface area (Å²) in [6.07, 6.45) is 3.55. The monoisotopic (exact) mass is 340 g/mol. The lowest BCUT2D eigenvalue weighted by Gasteiger charge is -2.35. The number of piperidine rings is 1. The molecular weight excluding hydrogens is 319 g/mol. The summed E-state index contributed by atoms with van der Waals surface area (Å²) in [5, 5.41) is 7.88. The maximum Gasteiger partial charge on any atom is 0.254 e. The van der Waals surface area contributed by atoms with Crippen molar-refractivity contribution in [3.8, 4) is 0 Å². The Morgan fingerprint density at radius 1 is 1.24 bits per heavy atom. The summed E-state index contributed by atoms with van der Waals surface area (Å²) < 4.78 is 15.9. The Bertz CT molecular complexity index is 906. The van der Waals surface area contributed by atoms with E-state index in [0.717, 1.165) is 43.0 Å². The van der Waals surface area contributed by atoms with E-state index in [1.807, 2.05) is 26.0 Å². The van der Waals surface area contributed by atoms with Crippen LogP contribution >= 0.6 is 0 Å². The number of para-hydroxylation sites is 1. The lowest BCUT2D eigenvalue weighted by Crippen LogP contribution is -2.43. The quantitative estimate of drug-likeness (QED) is 0.794. The van der Waals surface area contributed by atoms with Crippen LogP contribution in [0, 0.1) is 19.7 Å². The first-order valence-electron chi connectivity index (χ1n) is 8.56. The molecular formula is C18H21FN6. The number of nitrogens with zero attached hydrogens (tertiary/aromatic N) is 5. The van der Waals surface area contributed by atoms with Crippen molar-refractivity contribution in [2.45, 2.75) is 32.7 Å². The van der Waals surface area contributed by atoms with Gasteiger partial charge in [0.25, 0.3) is 5.78 Å².